The monoisotopic (exact) mass is 402 g/mol. The van der Waals surface area contributed by atoms with Crippen LogP contribution in [0.15, 0.2) is 47.5 Å². The molecule has 3 unspecified atom stereocenters. The predicted octanol–water partition coefficient (Wildman–Crippen LogP) is 5.06. The predicted molar refractivity (Wildman–Crippen MR) is 110 cm³/mol. The summed E-state index contributed by atoms with van der Waals surface area (Å²) in [5.74, 6) is 0.655. The van der Waals surface area contributed by atoms with Crippen molar-refractivity contribution in [2.24, 2.45) is 16.6 Å². The third-order valence-electron chi connectivity index (χ3n) is 5.15. The van der Waals surface area contributed by atoms with Gasteiger partial charge in [0.1, 0.15) is 11.6 Å². The summed E-state index contributed by atoms with van der Waals surface area (Å²) in [5, 5.41) is 0.128. The molecule has 3 rings (SSSR count). The smallest absolute Gasteiger partial charge is 0.255 e. The van der Waals surface area contributed by atoms with E-state index in [1.54, 1.807) is 12.1 Å². The quantitative estimate of drug-likeness (QED) is 0.658. The summed E-state index contributed by atoms with van der Waals surface area (Å²) < 4.78 is 18.6. The Morgan fingerprint density at radius 3 is 2.75 bits per heavy atom. The van der Waals surface area contributed by atoms with Crippen molar-refractivity contribution in [1.82, 2.24) is 0 Å². The number of hydrogen-bond acceptors (Lipinski definition) is 3. The zero-order chi connectivity index (χ0) is 20.1. The molecule has 1 aliphatic carbocycles. The number of benzene rings is 2. The first kappa shape index (κ1) is 20.3. The number of carbonyl (C=O) groups excluding carboxylic acids is 1. The lowest BCUT2D eigenvalue weighted by Crippen LogP contribution is -2.19. The normalized spacial score (nSPS) is 20.4. The highest BCUT2D eigenvalue weighted by Crippen LogP contribution is 2.38. The van der Waals surface area contributed by atoms with E-state index in [-0.39, 0.29) is 17.7 Å². The number of ether oxygens (including phenoxy) is 1. The van der Waals surface area contributed by atoms with Gasteiger partial charge < -0.3 is 10.5 Å². The van der Waals surface area contributed by atoms with Gasteiger partial charge in [0.25, 0.3) is 5.91 Å². The van der Waals surface area contributed by atoms with Crippen LogP contribution in [0.3, 0.4) is 0 Å². The van der Waals surface area contributed by atoms with Crippen LogP contribution in [-0.4, -0.2) is 18.7 Å². The van der Waals surface area contributed by atoms with Crippen molar-refractivity contribution in [3.63, 3.8) is 0 Å². The Morgan fingerprint density at radius 1 is 1.32 bits per heavy atom. The number of carbonyl (C=O) groups is 1. The van der Waals surface area contributed by atoms with Crippen molar-refractivity contribution < 1.29 is 13.9 Å². The molecule has 0 radical (unpaired) electrons. The molecule has 1 amide bonds. The van der Waals surface area contributed by atoms with Gasteiger partial charge in [0.2, 0.25) is 0 Å². The molecule has 0 bridgehead atoms. The molecule has 4 nitrogen and oxygen atoms in total. The molecule has 1 fully saturated rings. The summed E-state index contributed by atoms with van der Waals surface area (Å²) in [6, 6.07) is 12.5. The molecule has 1 saturated carbocycles. The molecule has 0 saturated heterocycles. The molecule has 1 aliphatic rings. The number of primary amides is 1. The molecule has 3 atom stereocenters. The van der Waals surface area contributed by atoms with Gasteiger partial charge in [-0.3, -0.25) is 9.79 Å². The Balaban J connectivity index is 1.55. The lowest BCUT2D eigenvalue weighted by molar-refractivity contribution is -0.119. The molecule has 148 valence electrons. The van der Waals surface area contributed by atoms with E-state index in [4.69, 9.17) is 22.1 Å². The van der Waals surface area contributed by atoms with Crippen molar-refractivity contribution >= 4 is 23.7 Å². The highest BCUT2D eigenvalue weighted by molar-refractivity contribution is 6.30. The number of amides is 1. The van der Waals surface area contributed by atoms with Gasteiger partial charge in [0, 0.05) is 6.21 Å². The van der Waals surface area contributed by atoms with Crippen LogP contribution in [0, 0.1) is 11.7 Å². The summed E-state index contributed by atoms with van der Waals surface area (Å²) in [7, 11) is 0. The van der Waals surface area contributed by atoms with Gasteiger partial charge in [-0.2, -0.15) is 0 Å². The highest BCUT2D eigenvalue weighted by Gasteiger charge is 2.25. The van der Waals surface area contributed by atoms with E-state index in [9.17, 15) is 9.18 Å². The van der Waals surface area contributed by atoms with Gasteiger partial charge in [-0.1, -0.05) is 29.8 Å². The van der Waals surface area contributed by atoms with Crippen molar-refractivity contribution in [3.8, 4) is 5.75 Å². The van der Waals surface area contributed by atoms with E-state index < -0.39 is 11.7 Å². The number of nitrogens with zero attached hydrogens (tertiary/aromatic N) is 1. The Hall–Kier alpha value is -2.40. The van der Waals surface area contributed by atoms with Crippen LogP contribution in [0.25, 0.3) is 0 Å². The number of nitrogens with two attached hydrogens (primary N) is 1. The van der Waals surface area contributed by atoms with Crippen LogP contribution >= 0.6 is 11.6 Å². The summed E-state index contributed by atoms with van der Waals surface area (Å²) in [5.41, 5.74) is 7.26. The van der Waals surface area contributed by atoms with Crippen LogP contribution in [0.1, 0.15) is 49.3 Å². The Morgan fingerprint density at radius 2 is 2.07 bits per heavy atom. The SMILES string of the molecule is CC(N=CC1CCC(c2ccc(OCC(N)=O)cc2)C1)c1ccc(F)c(Cl)c1. The number of rotatable bonds is 7. The zero-order valence-electron chi connectivity index (χ0n) is 15.8. The maximum atomic E-state index is 13.3. The summed E-state index contributed by atoms with van der Waals surface area (Å²) in [6.07, 6.45) is 5.27. The molecular weight excluding hydrogens is 379 g/mol. The lowest BCUT2D eigenvalue weighted by atomic mass is 9.96. The van der Waals surface area contributed by atoms with Crippen LogP contribution in [-0.2, 0) is 4.79 Å². The molecule has 2 N–H and O–H groups in total. The largest absolute Gasteiger partial charge is 0.484 e. The minimum absolute atomic E-state index is 0.0566. The first-order chi connectivity index (χ1) is 13.4. The number of hydrogen-bond donors (Lipinski definition) is 1. The van der Waals surface area contributed by atoms with E-state index in [0.29, 0.717) is 17.6 Å². The maximum Gasteiger partial charge on any atom is 0.255 e. The molecule has 2 aromatic carbocycles. The van der Waals surface area contributed by atoms with Crippen molar-refractivity contribution in [2.75, 3.05) is 6.61 Å². The van der Waals surface area contributed by atoms with E-state index in [2.05, 4.69) is 4.99 Å². The van der Waals surface area contributed by atoms with E-state index in [1.165, 1.54) is 11.6 Å². The van der Waals surface area contributed by atoms with Gasteiger partial charge in [-0.05, 0) is 73.4 Å². The second kappa shape index (κ2) is 9.20. The van der Waals surface area contributed by atoms with Crippen LogP contribution in [0.5, 0.6) is 5.75 Å². The topological polar surface area (TPSA) is 64.7 Å². The molecule has 0 aromatic heterocycles. The number of aliphatic imine (C=N–C) groups is 1. The summed E-state index contributed by atoms with van der Waals surface area (Å²) in [6.45, 7) is 1.87. The Kier molecular flexibility index (Phi) is 6.68. The fourth-order valence-electron chi connectivity index (χ4n) is 3.55. The van der Waals surface area contributed by atoms with Crippen LogP contribution in [0.2, 0.25) is 5.02 Å². The molecular formula is C22H24ClFN2O2. The fourth-order valence-corrected chi connectivity index (χ4v) is 3.74. The van der Waals surface area contributed by atoms with E-state index >= 15 is 0 Å². The average Bonchev–Trinajstić information content (AvgIpc) is 3.16. The average molecular weight is 403 g/mol. The molecule has 28 heavy (non-hydrogen) atoms. The maximum absolute atomic E-state index is 13.3. The molecule has 0 heterocycles. The highest BCUT2D eigenvalue weighted by atomic mass is 35.5. The molecule has 2 aromatic rings. The molecule has 0 aliphatic heterocycles. The molecule has 0 spiro atoms. The van der Waals surface area contributed by atoms with Gasteiger partial charge in [0.15, 0.2) is 6.61 Å². The second-order valence-electron chi connectivity index (χ2n) is 7.24. The Labute approximate surface area is 169 Å². The second-order valence-corrected chi connectivity index (χ2v) is 7.65. The van der Waals surface area contributed by atoms with Gasteiger partial charge in [0.05, 0.1) is 11.1 Å². The van der Waals surface area contributed by atoms with Gasteiger partial charge in [-0.15, -0.1) is 0 Å². The van der Waals surface area contributed by atoms with Crippen LogP contribution < -0.4 is 10.5 Å². The van der Waals surface area contributed by atoms with Crippen molar-refractivity contribution in [2.45, 2.75) is 38.1 Å². The minimum Gasteiger partial charge on any atom is -0.484 e. The summed E-state index contributed by atoms with van der Waals surface area (Å²) in [4.78, 5) is 15.4. The van der Waals surface area contributed by atoms with Crippen molar-refractivity contribution in [3.05, 3.63) is 64.4 Å². The minimum atomic E-state index is -0.487. The van der Waals surface area contributed by atoms with E-state index in [1.807, 2.05) is 37.4 Å². The molecule has 6 heteroatoms. The zero-order valence-corrected chi connectivity index (χ0v) is 16.5. The first-order valence-electron chi connectivity index (χ1n) is 9.41. The van der Waals surface area contributed by atoms with Crippen LogP contribution in [0.4, 0.5) is 4.39 Å². The first-order valence-corrected chi connectivity index (χ1v) is 9.79. The third kappa shape index (κ3) is 5.32. The lowest BCUT2D eigenvalue weighted by Gasteiger charge is -2.12. The third-order valence-corrected chi connectivity index (χ3v) is 5.44. The van der Waals surface area contributed by atoms with Gasteiger partial charge >= 0.3 is 0 Å². The standard InChI is InChI=1S/C22H24ClFN2O2/c1-14(17-6-9-21(24)20(23)11-17)26-12-15-2-3-18(10-15)16-4-7-19(8-5-16)28-13-22(25)27/h4-9,11-12,14-15,18H,2-3,10,13H2,1H3,(H2,25,27). The van der Waals surface area contributed by atoms with E-state index in [0.717, 1.165) is 24.8 Å². The Bertz CT molecular complexity index is 854. The van der Waals surface area contributed by atoms with Gasteiger partial charge in [-0.25, -0.2) is 4.39 Å². The fraction of sp³-hybridized carbons (Fsp3) is 0.364. The number of halogens is 2. The summed E-state index contributed by atoms with van der Waals surface area (Å²) >= 11 is 5.86. The van der Waals surface area contributed by atoms with Crippen molar-refractivity contribution in [1.29, 1.82) is 0 Å².